The van der Waals surface area contributed by atoms with Crippen molar-refractivity contribution >= 4 is 41.1 Å². The van der Waals surface area contributed by atoms with E-state index in [9.17, 15) is 9.59 Å². The minimum atomic E-state index is -1.06. The first-order valence-electron chi connectivity index (χ1n) is 4.10. The van der Waals surface area contributed by atoms with Gasteiger partial charge in [-0.2, -0.15) is 0 Å². The van der Waals surface area contributed by atoms with Crippen LogP contribution in [0.2, 0.25) is 0 Å². The lowest BCUT2D eigenvalue weighted by Crippen LogP contribution is -2.38. The maximum absolute atomic E-state index is 11.2. The fourth-order valence-corrected chi connectivity index (χ4v) is 0.783. The van der Waals surface area contributed by atoms with Crippen molar-refractivity contribution in [3.8, 4) is 0 Å². The number of rotatable bonds is 4. The fourth-order valence-electron chi connectivity index (χ4n) is 0.679. The van der Waals surface area contributed by atoms with E-state index in [1.54, 1.807) is 0 Å². The van der Waals surface area contributed by atoms with Crippen LogP contribution < -0.4 is 5.73 Å². The van der Waals surface area contributed by atoms with Crippen molar-refractivity contribution in [2.45, 2.75) is 13.2 Å². The van der Waals surface area contributed by atoms with Crippen LogP contribution in [0.25, 0.3) is 0 Å². The highest BCUT2D eigenvalue weighted by Gasteiger charge is 2.16. The number of hydrogen-bond donors (Lipinski definition) is 2. The molecule has 8 nitrogen and oxygen atoms in total. The highest BCUT2D eigenvalue weighted by atomic mass is 127. The summed E-state index contributed by atoms with van der Waals surface area (Å²) in [5, 5.41) is 7.01. The number of carbonyl (C=O) groups excluding carboxylic acids is 2. The number of nitrogens with two attached hydrogens (primary N) is 1. The third kappa shape index (κ3) is 6.27. The third-order valence-electron chi connectivity index (χ3n) is 1.40. The molecule has 0 radical (unpaired) electrons. The van der Waals surface area contributed by atoms with Crippen LogP contribution in [0.4, 0.5) is 4.79 Å². The number of guanidine groups is 1. The standard InChI is InChI=1S/C7H12IN3O5/c1-4(15-7(13)16-8)14-5(12)3-11(2)6(9)10/h4H,3H2,1-2H3,(H3,9,10). The first-order chi connectivity index (χ1) is 7.36. The van der Waals surface area contributed by atoms with Gasteiger partial charge in [0.25, 0.3) is 0 Å². The van der Waals surface area contributed by atoms with Crippen molar-refractivity contribution in [3.05, 3.63) is 0 Å². The van der Waals surface area contributed by atoms with Gasteiger partial charge in [-0.05, 0) is 0 Å². The van der Waals surface area contributed by atoms with Crippen LogP contribution >= 0.6 is 23.0 Å². The monoisotopic (exact) mass is 345 g/mol. The molecule has 0 aliphatic heterocycles. The molecule has 0 aromatic carbocycles. The lowest BCUT2D eigenvalue weighted by atomic mass is 10.5. The summed E-state index contributed by atoms with van der Waals surface area (Å²) in [7, 11) is 1.45. The molecule has 1 atom stereocenters. The Labute approximate surface area is 106 Å². The fraction of sp³-hybridized carbons (Fsp3) is 0.571. The molecule has 0 aromatic heterocycles. The Kier molecular flexibility index (Phi) is 6.53. The van der Waals surface area contributed by atoms with E-state index in [-0.39, 0.29) is 12.5 Å². The number of likely N-dealkylation sites (N-methyl/N-ethyl adjacent to an activating group) is 1. The molecular formula is C7H12IN3O5. The Morgan fingerprint density at radius 1 is 1.50 bits per heavy atom. The van der Waals surface area contributed by atoms with Gasteiger partial charge in [0.2, 0.25) is 6.29 Å². The minimum Gasteiger partial charge on any atom is -0.424 e. The Morgan fingerprint density at radius 3 is 2.50 bits per heavy atom. The van der Waals surface area contributed by atoms with E-state index in [2.05, 4.69) is 12.5 Å². The lowest BCUT2D eigenvalue weighted by molar-refractivity contribution is -0.166. The number of esters is 1. The van der Waals surface area contributed by atoms with Crippen molar-refractivity contribution in [1.82, 2.24) is 4.90 Å². The molecular weight excluding hydrogens is 333 g/mol. The van der Waals surface area contributed by atoms with E-state index >= 15 is 0 Å². The SMILES string of the molecule is CC(OC(=O)CN(C)C(=N)N)OC(=O)OI. The smallest absolute Gasteiger partial charge is 0.424 e. The summed E-state index contributed by atoms with van der Waals surface area (Å²) in [5.41, 5.74) is 5.11. The maximum atomic E-state index is 11.2. The van der Waals surface area contributed by atoms with Gasteiger partial charge in [-0.25, -0.2) is 4.79 Å². The predicted molar refractivity (Wildman–Crippen MR) is 61.7 cm³/mol. The highest BCUT2D eigenvalue weighted by Crippen LogP contribution is 2.00. The van der Waals surface area contributed by atoms with Crippen LogP contribution in [0.3, 0.4) is 0 Å². The molecule has 0 saturated carbocycles. The molecule has 0 aliphatic rings. The van der Waals surface area contributed by atoms with Crippen molar-refractivity contribution in [3.63, 3.8) is 0 Å². The molecule has 0 rings (SSSR count). The van der Waals surface area contributed by atoms with Crippen LogP contribution in [0.1, 0.15) is 6.92 Å². The normalized spacial score (nSPS) is 11.2. The zero-order chi connectivity index (χ0) is 12.7. The van der Waals surface area contributed by atoms with Crippen LogP contribution in [-0.4, -0.2) is 42.9 Å². The molecule has 9 heteroatoms. The Hall–Kier alpha value is -1.26. The van der Waals surface area contributed by atoms with Gasteiger partial charge in [0.05, 0.1) is 0 Å². The van der Waals surface area contributed by atoms with Crippen molar-refractivity contribution in [2.24, 2.45) is 5.73 Å². The topological polar surface area (TPSA) is 115 Å². The number of carbonyl (C=O) groups is 2. The molecule has 0 fully saturated rings. The van der Waals surface area contributed by atoms with Gasteiger partial charge < -0.3 is 23.2 Å². The summed E-state index contributed by atoms with van der Waals surface area (Å²) in [4.78, 5) is 23.0. The second kappa shape index (κ2) is 7.09. The Morgan fingerprint density at radius 2 is 2.06 bits per heavy atom. The van der Waals surface area contributed by atoms with Gasteiger partial charge in [0.1, 0.15) is 6.54 Å². The van der Waals surface area contributed by atoms with Gasteiger partial charge in [-0.3, -0.25) is 10.2 Å². The number of nitrogens with one attached hydrogen (secondary N) is 1. The molecule has 1 unspecified atom stereocenters. The summed E-state index contributed by atoms with van der Waals surface area (Å²) in [6.07, 6.45) is -2.02. The largest absolute Gasteiger partial charge is 0.521 e. The van der Waals surface area contributed by atoms with Gasteiger partial charge in [-0.15, -0.1) is 0 Å². The van der Waals surface area contributed by atoms with Crippen LogP contribution in [0, 0.1) is 5.41 Å². The summed E-state index contributed by atoms with van der Waals surface area (Å²) >= 11 is 1.34. The van der Waals surface area contributed by atoms with Gasteiger partial charge in [-0.1, -0.05) is 0 Å². The molecule has 0 amide bonds. The molecule has 0 bridgehead atoms. The van der Waals surface area contributed by atoms with Crippen LogP contribution in [0.5, 0.6) is 0 Å². The first kappa shape index (κ1) is 14.7. The van der Waals surface area contributed by atoms with Crippen molar-refractivity contribution < 1.29 is 22.1 Å². The maximum Gasteiger partial charge on any atom is 0.521 e. The van der Waals surface area contributed by atoms with Crippen LogP contribution in [0.15, 0.2) is 0 Å². The summed E-state index contributed by atoms with van der Waals surface area (Å²) in [6.45, 7) is 1.15. The quantitative estimate of drug-likeness (QED) is 0.246. The number of hydrogen-bond acceptors (Lipinski definition) is 6. The van der Waals surface area contributed by atoms with E-state index in [0.717, 1.165) is 0 Å². The Bertz CT molecular complexity index is 285. The molecule has 16 heavy (non-hydrogen) atoms. The van der Waals surface area contributed by atoms with E-state index in [1.807, 2.05) is 0 Å². The molecule has 0 aliphatic carbocycles. The van der Waals surface area contributed by atoms with Gasteiger partial charge in [0, 0.05) is 14.0 Å². The molecule has 0 heterocycles. The van der Waals surface area contributed by atoms with E-state index in [0.29, 0.717) is 0 Å². The first-order valence-corrected chi connectivity index (χ1v) is 4.98. The second-order valence-electron chi connectivity index (χ2n) is 2.74. The van der Waals surface area contributed by atoms with Crippen molar-refractivity contribution in [2.75, 3.05) is 13.6 Å². The summed E-state index contributed by atoms with van der Waals surface area (Å²) < 4.78 is 13.4. The average Bonchev–Trinajstić information content (AvgIpc) is 2.16. The molecule has 0 saturated heterocycles. The van der Waals surface area contributed by atoms with Gasteiger partial charge >= 0.3 is 12.1 Å². The number of halogens is 1. The van der Waals surface area contributed by atoms with E-state index in [1.165, 1.54) is 41.9 Å². The predicted octanol–water partition coefficient (Wildman–Crippen LogP) is 0.204. The van der Waals surface area contributed by atoms with Crippen molar-refractivity contribution in [1.29, 1.82) is 5.41 Å². The molecule has 3 N–H and O–H groups in total. The zero-order valence-corrected chi connectivity index (χ0v) is 10.9. The summed E-state index contributed by atoms with van der Waals surface area (Å²) in [5.74, 6) is -0.941. The lowest BCUT2D eigenvalue weighted by Gasteiger charge is -2.17. The minimum absolute atomic E-state index is 0.206. The van der Waals surface area contributed by atoms with Crippen LogP contribution in [-0.2, 0) is 17.3 Å². The third-order valence-corrected chi connectivity index (χ3v) is 1.76. The van der Waals surface area contributed by atoms with Gasteiger partial charge in [0.15, 0.2) is 29.0 Å². The van der Waals surface area contributed by atoms with E-state index in [4.69, 9.17) is 11.1 Å². The second-order valence-corrected chi connectivity index (χ2v) is 3.18. The molecule has 0 spiro atoms. The average molecular weight is 345 g/mol. The zero-order valence-electron chi connectivity index (χ0n) is 8.73. The Balaban J connectivity index is 3.96. The molecule has 92 valence electrons. The highest BCUT2D eigenvalue weighted by molar-refractivity contribution is 14.1. The molecule has 0 aromatic rings. The van der Waals surface area contributed by atoms with E-state index < -0.39 is 18.4 Å². The number of nitrogens with zero attached hydrogens (tertiary/aromatic N) is 1. The number of ether oxygens (including phenoxy) is 2. The summed E-state index contributed by atoms with van der Waals surface area (Å²) in [6, 6.07) is 0.